The molecule has 3 unspecified atom stereocenters. The van der Waals surface area contributed by atoms with Crippen LogP contribution in [0.3, 0.4) is 0 Å². The summed E-state index contributed by atoms with van der Waals surface area (Å²) < 4.78 is 5.13. The fraction of sp³-hybridized carbons (Fsp3) is 0.857. The van der Waals surface area contributed by atoms with E-state index in [1.807, 2.05) is 6.92 Å². The fourth-order valence-corrected chi connectivity index (χ4v) is 3.34. The lowest BCUT2D eigenvalue weighted by Gasteiger charge is -2.39. The van der Waals surface area contributed by atoms with Gasteiger partial charge < -0.3 is 19.6 Å². The molecular formula is C14H24N2O4. The van der Waals surface area contributed by atoms with E-state index in [1.54, 1.807) is 16.9 Å². The average molecular weight is 284 g/mol. The minimum Gasteiger partial charge on any atom is -0.480 e. The summed E-state index contributed by atoms with van der Waals surface area (Å²) in [6, 6.07) is -0.805. The van der Waals surface area contributed by atoms with Gasteiger partial charge in [-0.25, -0.2) is 9.59 Å². The molecule has 2 aliphatic rings. The Morgan fingerprint density at radius 1 is 1.30 bits per heavy atom. The maximum absolute atomic E-state index is 12.6. The van der Waals surface area contributed by atoms with Crippen molar-refractivity contribution in [2.45, 2.75) is 32.2 Å². The van der Waals surface area contributed by atoms with Crippen LogP contribution in [0.25, 0.3) is 0 Å². The monoisotopic (exact) mass is 284 g/mol. The summed E-state index contributed by atoms with van der Waals surface area (Å²) in [6.45, 7) is 4.48. The zero-order valence-corrected chi connectivity index (χ0v) is 12.2. The second-order valence-corrected chi connectivity index (χ2v) is 5.93. The highest BCUT2D eigenvalue weighted by Crippen LogP contribution is 2.26. The van der Waals surface area contributed by atoms with Gasteiger partial charge in [0.2, 0.25) is 0 Å². The van der Waals surface area contributed by atoms with Gasteiger partial charge in [0, 0.05) is 32.7 Å². The maximum Gasteiger partial charge on any atom is 0.326 e. The molecule has 0 saturated carbocycles. The summed E-state index contributed by atoms with van der Waals surface area (Å²) in [4.78, 5) is 27.3. The SMILES string of the molecule is COCC1CCN(C(=O)N2CCCC(C)C2C(=O)O)C1. The van der Waals surface area contributed by atoms with Gasteiger partial charge >= 0.3 is 12.0 Å². The second-order valence-electron chi connectivity index (χ2n) is 5.93. The van der Waals surface area contributed by atoms with Gasteiger partial charge in [0.15, 0.2) is 0 Å². The third-order valence-corrected chi connectivity index (χ3v) is 4.39. The molecular weight excluding hydrogens is 260 g/mol. The van der Waals surface area contributed by atoms with Crippen LogP contribution < -0.4 is 0 Å². The largest absolute Gasteiger partial charge is 0.480 e. The molecule has 6 nitrogen and oxygen atoms in total. The van der Waals surface area contributed by atoms with Crippen LogP contribution >= 0.6 is 0 Å². The number of ether oxygens (including phenoxy) is 1. The second kappa shape index (κ2) is 6.43. The fourth-order valence-electron chi connectivity index (χ4n) is 3.34. The average Bonchev–Trinajstić information content (AvgIpc) is 2.86. The Kier molecular flexibility index (Phi) is 4.86. The molecule has 2 fully saturated rings. The summed E-state index contributed by atoms with van der Waals surface area (Å²) in [5.41, 5.74) is 0. The molecule has 0 aromatic heterocycles. The number of carbonyl (C=O) groups is 2. The van der Waals surface area contributed by atoms with Crippen molar-refractivity contribution in [3.05, 3.63) is 0 Å². The maximum atomic E-state index is 12.6. The number of aliphatic carboxylic acids is 1. The minimum atomic E-state index is -0.891. The van der Waals surface area contributed by atoms with Gasteiger partial charge in [0.1, 0.15) is 6.04 Å². The van der Waals surface area contributed by atoms with Crippen LogP contribution in [0.15, 0.2) is 0 Å². The number of carboxylic acids is 1. The molecule has 0 aromatic rings. The van der Waals surface area contributed by atoms with E-state index in [0.717, 1.165) is 19.3 Å². The van der Waals surface area contributed by atoms with Gasteiger partial charge in [-0.15, -0.1) is 0 Å². The number of methoxy groups -OCH3 is 1. The van der Waals surface area contributed by atoms with Crippen LogP contribution in [0.4, 0.5) is 4.79 Å². The minimum absolute atomic E-state index is 0.0163. The van der Waals surface area contributed by atoms with E-state index in [9.17, 15) is 14.7 Å². The third-order valence-electron chi connectivity index (χ3n) is 4.39. The predicted molar refractivity (Wildman–Crippen MR) is 73.5 cm³/mol. The Bertz CT molecular complexity index is 374. The zero-order chi connectivity index (χ0) is 14.7. The summed E-state index contributed by atoms with van der Waals surface area (Å²) in [7, 11) is 1.66. The smallest absolute Gasteiger partial charge is 0.326 e. The molecule has 0 aliphatic carbocycles. The van der Waals surface area contributed by atoms with Crippen LogP contribution in [0.1, 0.15) is 26.2 Å². The van der Waals surface area contributed by atoms with Crippen LogP contribution in [-0.4, -0.2) is 66.3 Å². The lowest BCUT2D eigenvalue weighted by atomic mass is 9.91. The quantitative estimate of drug-likeness (QED) is 0.847. The molecule has 0 spiro atoms. The first-order valence-corrected chi connectivity index (χ1v) is 7.32. The Morgan fingerprint density at radius 3 is 2.70 bits per heavy atom. The normalized spacial score (nSPS) is 30.6. The third kappa shape index (κ3) is 3.06. The highest BCUT2D eigenvalue weighted by Gasteiger charge is 2.40. The van der Waals surface area contributed by atoms with Crippen LogP contribution in [-0.2, 0) is 9.53 Å². The van der Waals surface area contributed by atoms with Crippen molar-refractivity contribution in [1.82, 2.24) is 9.80 Å². The number of hydrogen-bond donors (Lipinski definition) is 1. The molecule has 2 heterocycles. The standard InChI is InChI=1S/C14H24N2O4/c1-10-4-3-6-16(12(10)13(17)18)14(19)15-7-5-11(8-15)9-20-2/h10-12H,3-9H2,1-2H3,(H,17,18). The molecule has 2 amide bonds. The molecule has 20 heavy (non-hydrogen) atoms. The van der Waals surface area contributed by atoms with E-state index >= 15 is 0 Å². The van der Waals surface area contributed by atoms with E-state index < -0.39 is 12.0 Å². The summed E-state index contributed by atoms with van der Waals surface area (Å²) in [5.74, 6) is -0.504. The number of hydrogen-bond acceptors (Lipinski definition) is 3. The van der Waals surface area contributed by atoms with Crippen molar-refractivity contribution in [2.24, 2.45) is 11.8 Å². The molecule has 2 rings (SSSR count). The Morgan fingerprint density at radius 2 is 2.05 bits per heavy atom. The van der Waals surface area contributed by atoms with Gasteiger partial charge in [0.05, 0.1) is 6.61 Å². The Hall–Kier alpha value is -1.30. The molecule has 3 atom stereocenters. The van der Waals surface area contributed by atoms with Crippen molar-refractivity contribution in [1.29, 1.82) is 0 Å². The van der Waals surface area contributed by atoms with Gasteiger partial charge in [0.25, 0.3) is 0 Å². The number of carbonyl (C=O) groups excluding carboxylic acids is 1. The van der Waals surface area contributed by atoms with Crippen molar-refractivity contribution in [3.8, 4) is 0 Å². The summed E-state index contributed by atoms with van der Waals surface area (Å²) in [5, 5.41) is 9.37. The van der Waals surface area contributed by atoms with Crippen molar-refractivity contribution in [2.75, 3.05) is 33.4 Å². The van der Waals surface area contributed by atoms with Gasteiger partial charge in [-0.3, -0.25) is 0 Å². The molecule has 0 radical (unpaired) electrons. The van der Waals surface area contributed by atoms with Crippen LogP contribution in [0.5, 0.6) is 0 Å². The Balaban J connectivity index is 2.02. The summed E-state index contributed by atoms with van der Waals surface area (Å²) in [6.07, 6.45) is 2.68. The number of rotatable bonds is 3. The van der Waals surface area contributed by atoms with Gasteiger partial charge in [-0.2, -0.15) is 0 Å². The lowest BCUT2D eigenvalue weighted by Crippen LogP contribution is -2.55. The van der Waals surface area contributed by atoms with Gasteiger partial charge in [-0.1, -0.05) is 6.92 Å². The molecule has 114 valence electrons. The molecule has 0 aromatic carbocycles. The van der Waals surface area contributed by atoms with E-state index in [-0.39, 0.29) is 11.9 Å². The van der Waals surface area contributed by atoms with Crippen molar-refractivity contribution in [3.63, 3.8) is 0 Å². The molecule has 0 bridgehead atoms. The van der Waals surface area contributed by atoms with Crippen LogP contribution in [0.2, 0.25) is 0 Å². The first-order valence-electron chi connectivity index (χ1n) is 7.32. The van der Waals surface area contributed by atoms with E-state index in [1.165, 1.54) is 0 Å². The predicted octanol–water partition coefficient (Wildman–Crippen LogP) is 1.26. The number of piperidine rings is 1. The molecule has 2 aliphatic heterocycles. The van der Waals surface area contributed by atoms with Crippen LogP contribution in [0, 0.1) is 11.8 Å². The van der Waals surface area contributed by atoms with Crippen molar-refractivity contribution >= 4 is 12.0 Å². The zero-order valence-electron chi connectivity index (χ0n) is 12.2. The van der Waals surface area contributed by atoms with Gasteiger partial charge in [-0.05, 0) is 25.2 Å². The first-order chi connectivity index (χ1) is 9.54. The number of urea groups is 1. The van der Waals surface area contributed by atoms with E-state index in [4.69, 9.17) is 4.74 Å². The van der Waals surface area contributed by atoms with Crippen molar-refractivity contribution < 1.29 is 19.4 Å². The number of amides is 2. The van der Waals surface area contributed by atoms with E-state index in [0.29, 0.717) is 32.2 Å². The molecule has 6 heteroatoms. The lowest BCUT2D eigenvalue weighted by molar-refractivity contribution is -0.145. The number of nitrogens with zero attached hydrogens (tertiary/aromatic N) is 2. The topological polar surface area (TPSA) is 70.1 Å². The van der Waals surface area contributed by atoms with E-state index in [2.05, 4.69) is 0 Å². The molecule has 2 saturated heterocycles. The highest BCUT2D eigenvalue weighted by molar-refractivity contribution is 5.83. The molecule has 1 N–H and O–H groups in total. The Labute approximate surface area is 119 Å². The summed E-state index contributed by atoms with van der Waals surface area (Å²) >= 11 is 0. The highest BCUT2D eigenvalue weighted by atomic mass is 16.5. The first kappa shape index (κ1) is 15.1. The number of carboxylic acid groups (broad SMARTS) is 1. The number of likely N-dealkylation sites (tertiary alicyclic amines) is 2.